The molecule has 1 nitrogen and oxygen atoms in total. The summed E-state index contributed by atoms with van der Waals surface area (Å²) in [5.41, 5.74) is 0.801. The van der Waals surface area contributed by atoms with E-state index in [1.807, 2.05) is 0 Å². The number of rotatable bonds is 4. The molecule has 1 aliphatic heterocycles. The third-order valence-corrected chi connectivity index (χ3v) is 3.50. The lowest BCUT2D eigenvalue weighted by molar-refractivity contribution is 0.443. The van der Waals surface area contributed by atoms with Gasteiger partial charge in [-0.2, -0.15) is 0 Å². The van der Waals surface area contributed by atoms with Crippen LogP contribution in [0.4, 0.5) is 0 Å². The van der Waals surface area contributed by atoms with Gasteiger partial charge >= 0.3 is 0 Å². The first kappa shape index (κ1) is 7.60. The first-order valence-electron chi connectivity index (χ1n) is 5.08. The summed E-state index contributed by atoms with van der Waals surface area (Å²) in [7, 11) is 0. The van der Waals surface area contributed by atoms with Crippen molar-refractivity contribution < 1.29 is 0 Å². The van der Waals surface area contributed by atoms with E-state index in [1.54, 1.807) is 0 Å². The van der Waals surface area contributed by atoms with Gasteiger partial charge in [-0.25, -0.2) is 0 Å². The number of nitrogens with one attached hydrogen (secondary N) is 1. The van der Waals surface area contributed by atoms with Crippen LogP contribution in [0.5, 0.6) is 0 Å². The second-order valence-electron chi connectivity index (χ2n) is 4.35. The zero-order chi connectivity index (χ0) is 7.73. The molecule has 0 aromatic carbocycles. The Hall–Kier alpha value is -0.0400. The van der Waals surface area contributed by atoms with Crippen molar-refractivity contribution in [2.24, 2.45) is 11.3 Å². The summed E-state index contributed by atoms with van der Waals surface area (Å²) in [5, 5.41) is 3.49. The van der Waals surface area contributed by atoms with Gasteiger partial charge in [-0.3, -0.25) is 0 Å². The molecule has 1 aliphatic carbocycles. The van der Waals surface area contributed by atoms with Crippen LogP contribution in [0.15, 0.2) is 0 Å². The van der Waals surface area contributed by atoms with Crippen LogP contribution in [0.2, 0.25) is 0 Å². The fourth-order valence-electron chi connectivity index (χ4n) is 2.55. The lowest BCUT2D eigenvalue weighted by atomic mass is 9.98. The molecule has 1 saturated carbocycles. The normalized spacial score (nSPS) is 40.6. The molecule has 1 N–H and O–H groups in total. The van der Waals surface area contributed by atoms with E-state index in [9.17, 15) is 0 Å². The van der Waals surface area contributed by atoms with Crippen molar-refractivity contribution >= 4 is 0 Å². The Balaban J connectivity index is 1.70. The Kier molecular flexibility index (Phi) is 1.92. The first-order valence-corrected chi connectivity index (χ1v) is 5.08. The predicted octanol–water partition coefficient (Wildman–Crippen LogP) is 2.18. The van der Waals surface area contributed by atoms with Gasteiger partial charge in [0.2, 0.25) is 0 Å². The molecule has 1 saturated heterocycles. The van der Waals surface area contributed by atoms with E-state index in [1.165, 1.54) is 45.2 Å². The minimum atomic E-state index is 0.801. The minimum Gasteiger partial charge on any atom is -0.316 e. The van der Waals surface area contributed by atoms with Crippen LogP contribution in [-0.4, -0.2) is 13.1 Å². The molecule has 2 rings (SSSR count). The van der Waals surface area contributed by atoms with Crippen molar-refractivity contribution in [3.63, 3.8) is 0 Å². The summed E-state index contributed by atoms with van der Waals surface area (Å²) in [6.07, 6.45) is 7.31. The molecular weight excluding hydrogens is 134 g/mol. The Labute approximate surface area is 69.6 Å². The van der Waals surface area contributed by atoms with Crippen molar-refractivity contribution in [3.8, 4) is 0 Å². The minimum absolute atomic E-state index is 0.801. The lowest BCUT2D eigenvalue weighted by Crippen LogP contribution is -2.15. The summed E-state index contributed by atoms with van der Waals surface area (Å²) in [4.78, 5) is 0. The zero-order valence-electron chi connectivity index (χ0n) is 7.53. The molecule has 0 radical (unpaired) electrons. The summed E-state index contributed by atoms with van der Waals surface area (Å²) in [6.45, 7) is 4.92. The number of fused-ring (bicyclic) bond motifs is 1. The lowest BCUT2D eigenvalue weighted by Gasteiger charge is -2.09. The van der Waals surface area contributed by atoms with Gasteiger partial charge in [0.15, 0.2) is 0 Å². The topological polar surface area (TPSA) is 12.0 Å². The van der Waals surface area contributed by atoms with Crippen LogP contribution in [0.1, 0.15) is 39.0 Å². The molecule has 0 bridgehead atoms. The molecule has 2 aliphatic rings. The SMILES string of the molecule is CCCCC[C@]12CNC[C@H]1C2. The van der Waals surface area contributed by atoms with Gasteiger partial charge in [0.1, 0.15) is 0 Å². The monoisotopic (exact) mass is 153 g/mol. The average molecular weight is 153 g/mol. The smallest absolute Gasteiger partial charge is 0.00112 e. The van der Waals surface area contributed by atoms with E-state index >= 15 is 0 Å². The van der Waals surface area contributed by atoms with Crippen molar-refractivity contribution in [3.05, 3.63) is 0 Å². The fraction of sp³-hybridized carbons (Fsp3) is 1.00. The summed E-state index contributed by atoms with van der Waals surface area (Å²) in [6, 6.07) is 0. The van der Waals surface area contributed by atoms with E-state index in [0.29, 0.717) is 0 Å². The van der Waals surface area contributed by atoms with Gasteiger partial charge in [0.05, 0.1) is 0 Å². The fourth-order valence-corrected chi connectivity index (χ4v) is 2.55. The van der Waals surface area contributed by atoms with Crippen molar-refractivity contribution in [1.82, 2.24) is 5.32 Å². The van der Waals surface area contributed by atoms with Crippen molar-refractivity contribution in [2.45, 2.75) is 39.0 Å². The van der Waals surface area contributed by atoms with Crippen molar-refractivity contribution in [1.29, 1.82) is 0 Å². The quantitative estimate of drug-likeness (QED) is 0.610. The molecule has 11 heavy (non-hydrogen) atoms. The van der Waals surface area contributed by atoms with E-state index < -0.39 is 0 Å². The molecular formula is C10H19N. The Morgan fingerprint density at radius 2 is 2.36 bits per heavy atom. The predicted molar refractivity (Wildman–Crippen MR) is 47.6 cm³/mol. The third-order valence-electron chi connectivity index (χ3n) is 3.50. The highest BCUT2D eigenvalue weighted by Crippen LogP contribution is 2.58. The Morgan fingerprint density at radius 3 is 2.91 bits per heavy atom. The van der Waals surface area contributed by atoms with Gasteiger partial charge in [-0.1, -0.05) is 26.2 Å². The van der Waals surface area contributed by atoms with Gasteiger partial charge in [-0.05, 0) is 30.7 Å². The van der Waals surface area contributed by atoms with Crippen LogP contribution >= 0.6 is 0 Å². The van der Waals surface area contributed by atoms with Crippen LogP contribution < -0.4 is 5.32 Å². The summed E-state index contributed by atoms with van der Waals surface area (Å²) in [5.74, 6) is 1.07. The maximum Gasteiger partial charge on any atom is 0.00112 e. The molecule has 0 spiro atoms. The number of hydrogen-bond acceptors (Lipinski definition) is 1. The molecule has 1 heterocycles. The molecule has 0 amide bonds. The molecule has 0 unspecified atom stereocenters. The highest BCUT2D eigenvalue weighted by atomic mass is 15.0. The van der Waals surface area contributed by atoms with E-state index in [-0.39, 0.29) is 0 Å². The van der Waals surface area contributed by atoms with E-state index in [2.05, 4.69) is 12.2 Å². The second kappa shape index (κ2) is 2.78. The van der Waals surface area contributed by atoms with Crippen molar-refractivity contribution in [2.75, 3.05) is 13.1 Å². The maximum atomic E-state index is 3.49. The van der Waals surface area contributed by atoms with Gasteiger partial charge in [-0.15, -0.1) is 0 Å². The molecule has 0 aromatic heterocycles. The van der Waals surface area contributed by atoms with Crippen LogP contribution in [0.25, 0.3) is 0 Å². The van der Waals surface area contributed by atoms with E-state index in [4.69, 9.17) is 0 Å². The van der Waals surface area contributed by atoms with Crippen LogP contribution in [0.3, 0.4) is 0 Å². The average Bonchev–Trinajstić information content (AvgIpc) is 2.55. The van der Waals surface area contributed by atoms with Gasteiger partial charge < -0.3 is 5.32 Å². The van der Waals surface area contributed by atoms with Gasteiger partial charge in [0.25, 0.3) is 0 Å². The summed E-state index contributed by atoms with van der Waals surface area (Å²) >= 11 is 0. The van der Waals surface area contributed by atoms with E-state index in [0.717, 1.165) is 11.3 Å². The van der Waals surface area contributed by atoms with Crippen LogP contribution in [-0.2, 0) is 0 Å². The highest BCUT2D eigenvalue weighted by molar-refractivity contribution is 5.08. The molecule has 1 heteroatoms. The second-order valence-corrected chi connectivity index (χ2v) is 4.35. The Morgan fingerprint density at radius 1 is 1.45 bits per heavy atom. The number of piperidine rings is 1. The Bertz CT molecular complexity index is 144. The summed E-state index contributed by atoms with van der Waals surface area (Å²) < 4.78 is 0. The molecule has 2 atom stereocenters. The molecule has 2 fully saturated rings. The third kappa shape index (κ3) is 1.31. The first-order chi connectivity index (χ1) is 5.37. The number of hydrogen-bond donors (Lipinski definition) is 1. The molecule has 0 aromatic rings. The highest BCUT2D eigenvalue weighted by Gasteiger charge is 2.55. The maximum absolute atomic E-state index is 3.49. The zero-order valence-corrected chi connectivity index (χ0v) is 7.53. The van der Waals surface area contributed by atoms with Gasteiger partial charge in [0, 0.05) is 6.54 Å². The number of unbranched alkanes of at least 4 members (excludes halogenated alkanes) is 2. The largest absolute Gasteiger partial charge is 0.316 e. The molecule has 64 valence electrons. The van der Waals surface area contributed by atoms with Crippen LogP contribution in [0, 0.1) is 11.3 Å². The standard InChI is InChI=1S/C10H19N/c1-2-3-4-5-10-6-9(10)7-11-8-10/h9,11H,2-8H2,1H3/t9-,10+/m1/s1.